The molecule has 0 radical (unpaired) electrons. The highest BCUT2D eigenvalue weighted by Crippen LogP contribution is 2.44. The summed E-state index contributed by atoms with van der Waals surface area (Å²) in [5.41, 5.74) is 1.33. The van der Waals surface area contributed by atoms with Gasteiger partial charge in [0.25, 0.3) is 0 Å². The van der Waals surface area contributed by atoms with Crippen LogP contribution < -0.4 is 4.90 Å². The van der Waals surface area contributed by atoms with Gasteiger partial charge in [-0.3, -0.25) is 4.79 Å². The average Bonchev–Trinajstić information content (AvgIpc) is 2.64. The number of nitrogens with zero attached hydrogens (tertiary/aromatic N) is 1. The molecule has 0 aromatic heterocycles. The monoisotopic (exact) mass is 229 g/mol. The number of amides is 1. The van der Waals surface area contributed by atoms with E-state index >= 15 is 0 Å². The number of carbonyl (C=O) groups excluding carboxylic acids is 1. The zero-order valence-corrected chi connectivity index (χ0v) is 9.43. The van der Waals surface area contributed by atoms with Crippen LogP contribution in [0.25, 0.3) is 0 Å². The van der Waals surface area contributed by atoms with Crippen LogP contribution in [0.3, 0.4) is 0 Å². The zero-order chi connectivity index (χ0) is 12.0. The molecular weight excluding hydrogens is 217 g/mol. The molecule has 0 spiro atoms. The number of benzene rings is 1. The molecule has 1 aromatic rings. The maximum atomic E-state index is 13.9. The fourth-order valence-electron chi connectivity index (χ4n) is 2.71. The second-order valence-corrected chi connectivity index (χ2v) is 4.35. The average molecular weight is 229 g/mol. The fraction of sp³-hybridized carbons (Fsp3) is 0.214. The Morgan fingerprint density at radius 1 is 1.29 bits per heavy atom. The summed E-state index contributed by atoms with van der Waals surface area (Å²) in [5.74, 6) is -0.342. The molecule has 0 bridgehead atoms. The number of allylic oxidation sites excluding steroid dienone is 2. The maximum Gasteiger partial charge on any atom is 0.224 e. The van der Waals surface area contributed by atoms with Crippen molar-refractivity contribution in [3.8, 4) is 0 Å². The molecule has 1 heterocycles. The van der Waals surface area contributed by atoms with E-state index in [0.717, 1.165) is 0 Å². The van der Waals surface area contributed by atoms with Crippen LogP contribution in [0.1, 0.15) is 18.4 Å². The van der Waals surface area contributed by atoms with E-state index in [1.54, 1.807) is 17.0 Å². The highest BCUT2D eigenvalue weighted by molar-refractivity contribution is 5.96. The molecule has 3 rings (SSSR count). The molecule has 0 saturated carbocycles. The number of hydrogen-bond donors (Lipinski definition) is 0. The summed E-state index contributed by atoms with van der Waals surface area (Å²) >= 11 is 0. The number of halogens is 1. The van der Waals surface area contributed by atoms with E-state index in [1.165, 1.54) is 13.0 Å². The minimum absolute atomic E-state index is 0.0516. The van der Waals surface area contributed by atoms with Gasteiger partial charge in [-0.1, -0.05) is 30.4 Å². The van der Waals surface area contributed by atoms with Gasteiger partial charge in [-0.2, -0.15) is 0 Å². The number of carbonyl (C=O) groups is 1. The molecule has 0 N–H and O–H groups in total. The molecule has 2 nitrogen and oxygen atoms in total. The first kappa shape index (κ1) is 10.3. The lowest BCUT2D eigenvalue weighted by Crippen LogP contribution is -2.36. The molecule has 0 fully saturated rings. The van der Waals surface area contributed by atoms with E-state index in [-0.39, 0.29) is 23.7 Å². The number of hydrogen-bond acceptors (Lipinski definition) is 1. The van der Waals surface area contributed by atoms with Crippen LogP contribution in [-0.4, -0.2) is 11.9 Å². The van der Waals surface area contributed by atoms with Crippen molar-refractivity contribution in [1.82, 2.24) is 0 Å². The topological polar surface area (TPSA) is 20.3 Å². The first-order valence-electron chi connectivity index (χ1n) is 5.63. The third-order valence-corrected chi connectivity index (χ3v) is 3.37. The number of rotatable bonds is 0. The maximum absolute atomic E-state index is 13.9. The van der Waals surface area contributed by atoms with Crippen molar-refractivity contribution in [3.63, 3.8) is 0 Å². The van der Waals surface area contributed by atoms with Gasteiger partial charge in [0.2, 0.25) is 5.91 Å². The molecule has 0 saturated heterocycles. The molecule has 1 aliphatic carbocycles. The minimum Gasteiger partial charge on any atom is -0.304 e. The molecule has 3 heteroatoms. The number of fused-ring (bicyclic) bond motifs is 3. The van der Waals surface area contributed by atoms with E-state index in [4.69, 9.17) is 0 Å². The van der Waals surface area contributed by atoms with Crippen LogP contribution in [0.2, 0.25) is 0 Å². The summed E-state index contributed by atoms with van der Waals surface area (Å²) in [7, 11) is 0. The summed E-state index contributed by atoms with van der Waals surface area (Å²) in [5, 5.41) is 0. The van der Waals surface area contributed by atoms with Crippen molar-refractivity contribution in [2.75, 3.05) is 4.90 Å². The lowest BCUT2D eigenvalue weighted by atomic mass is 9.91. The Labute approximate surface area is 99.0 Å². The standard InChI is InChI=1S/C14H12FNO/c1-9(17)16-12-7-3-2-5-10(12)14-11(15)6-4-8-13(14)16/h2-8,10,12H,1H3. The second kappa shape index (κ2) is 3.55. The van der Waals surface area contributed by atoms with Gasteiger partial charge in [-0.05, 0) is 12.1 Å². The summed E-state index contributed by atoms with van der Waals surface area (Å²) in [6, 6.07) is 4.82. The smallest absolute Gasteiger partial charge is 0.224 e. The van der Waals surface area contributed by atoms with Gasteiger partial charge in [-0.25, -0.2) is 4.39 Å². The van der Waals surface area contributed by atoms with Gasteiger partial charge in [0, 0.05) is 18.4 Å². The Morgan fingerprint density at radius 2 is 2.06 bits per heavy atom. The Kier molecular flexibility index (Phi) is 2.15. The highest BCUT2D eigenvalue weighted by atomic mass is 19.1. The van der Waals surface area contributed by atoms with E-state index in [9.17, 15) is 9.18 Å². The lowest BCUT2D eigenvalue weighted by Gasteiger charge is -2.25. The Bertz CT molecular complexity index is 547. The lowest BCUT2D eigenvalue weighted by molar-refractivity contribution is -0.116. The van der Waals surface area contributed by atoms with Crippen LogP contribution in [0, 0.1) is 5.82 Å². The van der Waals surface area contributed by atoms with Crippen molar-refractivity contribution >= 4 is 11.6 Å². The third-order valence-electron chi connectivity index (χ3n) is 3.37. The normalized spacial score (nSPS) is 24.7. The van der Waals surface area contributed by atoms with E-state index in [1.807, 2.05) is 24.3 Å². The first-order valence-corrected chi connectivity index (χ1v) is 5.63. The molecular formula is C14H12FNO. The van der Waals surface area contributed by atoms with Crippen LogP contribution in [0.5, 0.6) is 0 Å². The fourth-order valence-corrected chi connectivity index (χ4v) is 2.71. The van der Waals surface area contributed by atoms with Gasteiger partial charge >= 0.3 is 0 Å². The molecule has 17 heavy (non-hydrogen) atoms. The predicted molar refractivity (Wildman–Crippen MR) is 64.4 cm³/mol. The van der Waals surface area contributed by atoms with Crippen LogP contribution in [0.15, 0.2) is 42.5 Å². The predicted octanol–water partition coefficient (Wildman–Crippen LogP) is 2.77. The SMILES string of the molecule is CC(=O)N1c2cccc(F)c2C2C=CC=CC21. The summed E-state index contributed by atoms with van der Waals surface area (Å²) in [6.45, 7) is 1.52. The molecule has 2 atom stereocenters. The first-order chi connectivity index (χ1) is 8.20. The van der Waals surface area contributed by atoms with Gasteiger partial charge in [-0.15, -0.1) is 0 Å². The van der Waals surface area contributed by atoms with Crippen molar-refractivity contribution in [1.29, 1.82) is 0 Å². The Hall–Kier alpha value is -1.90. The van der Waals surface area contributed by atoms with Crippen molar-refractivity contribution in [2.24, 2.45) is 0 Å². The van der Waals surface area contributed by atoms with E-state index < -0.39 is 0 Å². The minimum atomic E-state index is -0.235. The second-order valence-electron chi connectivity index (χ2n) is 4.35. The van der Waals surface area contributed by atoms with Crippen molar-refractivity contribution in [2.45, 2.75) is 18.9 Å². The Morgan fingerprint density at radius 3 is 2.82 bits per heavy atom. The zero-order valence-electron chi connectivity index (χ0n) is 9.43. The summed E-state index contributed by atoms with van der Waals surface area (Å²) in [4.78, 5) is 13.4. The van der Waals surface area contributed by atoms with Crippen molar-refractivity contribution < 1.29 is 9.18 Å². The molecule has 1 aromatic carbocycles. The summed E-state index contributed by atoms with van der Waals surface area (Å²) < 4.78 is 13.9. The molecule has 86 valence electrons. The molecule has 1 amide bonds. The van der Waals surface area contributed by atoms with Crippen LogP contribution in [-0.2, 0) is 4.79 Å². The van der Waals surface area contributed by atoms with Crippen molar-refractivity contribution in [3.05, 3.63) is 53.9 Å². The Balaban J connectivity index is 2.23. The van der Waals surface area contributed by atoms with Gasteiger partial charge in [0.05, 0.1) is 11.7 Å². The van der Waals surface area contributed by atoms with Gasteiger partial charge in [0.15, 0.2) is 0 Å². The van der Waals surface area contributed by atoms with Gasteiger partial charge < -0.3 is 4.90 Å². The quantitative estimate of drug-likeness (QED) is 0.670. The van der Waals surface area contributed by atoms with Crippen LogP contribution >= 0.6 is 0 Å². The highest BCUT2D eigenvalue weighted by Gasteiger charge is 2.40. The molecule has 2 unspecified atom stereocenters. The van der Waals surface area contributed by atoms with Crippen LogP contribution in [0.4, 0.5) is 10.1 Å². The summed E-state index contributed by atoms with van der Waals surface area (Å²) in [6.07, 6.45) is 7.71. The number of anilines is 1. The molecule has 2 aliphatic rings. The van der Waals surface area contributed by atoms with E-state index in [2.05, 4.69) is 0 Å². The molecule has 1 aliphatic heterocycles. The third kappa shape index (κ3) is 1.35. The largest absolute Gasteiger partial charge is 0.304 e. The van der Waals surface area contributed by atoms with Gasteiger partial charge in [0.1, 0.15) is 5.82 Å². The van der Waals surface area contributed by atoms with E-state index in [0.29, 0.717) is 11.3 Å².